The van der Waals surface area contributed by atoms with Gasteiger partial charge in [0.1, 0.15) is 11.5 Å². The second kappa shape index (κ2) is 11.6. The summed E-state index contributed by atoms with van der Waals surface area (Å²) in [4.78, 5) is 42.8. The van der Waals surface area contributed by atoms with Crippen LogP contribution in [0.15, 0.2) is 39.8 Å². The third-order valence-electron chi connectivity index (χ3n) is 5.15. The van der Waals surface area contributed by atoms with Gasteiger partial charge < -0.3 is 36.8 Å². The molecule has 0 aliphatic carbocycles. The number of aromatic hydroxyl groups is 2. The fourth-order valence-corrected chi connectivity index (χ4v) is 4.40. The number of anilines is 1. The van der Waals surface area contributed by atoms with Gasteiger partial charge in [-0.05, 0) is 40.2 Å². The molecule has 1 aliphatic rings. The van der Waals surface area contributed by atoms with Crippen molar-refractivity contribution in [3.8, 4) is 11.5 Å². The van der Waals surface area contributed by atoms with Crippen LogP contribution in [-0.4, -0.2) is 74.8 Å². The lowest BCUT2D eigenvalue weighted by Gasteiger charge is -2.30. The number of hydrogen-bond acceptors (Lipinski definition) is 10. The summed E-state index contributed by atoms with van der Waals surface area (Å²) in [5, 5.41) is 45.7. The Bertz CT molecular complexity index is 1230. The molecule has 1 aliphatic heterocycles. The first-order chi connectivity index (χ1) is 17.0. The first kappa shape index (κ1) is 27.2. The van der Waals surface area contributed by atoms with Crippen LogP contribution in [-0.2, 0) is 9.59 Å². The molecule has 0 radical (unpaired) electrons. The number of phenolic OH excluding ortho intramolecular Hbond substituents is 2. The number of imide groups is 1. The fraction of sp³-hybridized carbons (Fsp3) is 0.273. The summed E-state index contributed by atoms with van der Waals surface area (Å²) in [5.74, 6) is -3.71. The van der Waals surface area contributed by atoms with Gasteiger partial charge in [-0.2, -0.15) is 0 Å². The van der Waals surface area contributed by atoms with Gasteiger partial charge in [-0.15, -0.1) is 0 Å². The number of hydrogen-bond donors (Lipinski definition) is 7. The van der Waals surface area contributed by atoms with E-state index in [2.05, 4.69) is 31.6 Å². The van der Waals surface area contributed by atoms with Crippen molar-refractivity contribution in [3.63, 3.8) is 0 Å². The van der Waals surface area contributed by atoms with E-state index in [-0.39, 0.29) is 51.1 Å². The topological polar surface area (TPSA) is 198 Å². The third kappa shape index (κ3) is 6.43. The zero-order valence-corrected chi connectivity index (χ0v) is 21.0. The van der Waals surface area contributed by atoms with Crippen molar-refractivity contribution in [2.45, 2.75) is 18.6 Å². The van der Waals surface area contributed by atoms with Gasteiger partial charge in [0.25, 0.3) is 5.91 Å². The molecule has 1 unspecified atom stereocenters. The molecule has 0 fully saturated rings. The normalized spacial score (nSPS) is 15.9. The Labute approximate surface area is 218 Å². The van der Waals surface area contributed by atoms with E-state index in [0.29, 0.717) is 4.90 Å². The minimum Gasteiger partial charge on any atom is -0.508 e. The number of amides is 2. The molecule has 0 aromatic heterocycles. The van der Waals surface area contributed by atoms with Crippen molar-refractivity contribution in [1.29, 1.82) is 0 Å². The van der Waals surface area contributed by atoms with Crippen molar-refractivity contribution < 1.29 is 34.8 Å². The highest BCUT2D eigenvalue weighted by molar-refractivity contribution is 9.10. The lowest BCUT2D eigenvalue weighted by molar-refractivity contribution is -0.139. The predicted octanol–water partition coefficient (Wildman–Crippen LogP) is 1.39. The summed E-state index contributed by atoms with van der Waals surface area (Å²) >= 11 is 9.20. The quantitative estimate of drug-likeness (QED) is 0.250. The first-order valence-electron chi connectivity index (χ1n) is 10.5. The van der Waals surface area contributed by atoms with Gasteiger partial charge in [-0.3, -0.25) is 24.3 Å². The number of carbonyl (C=O) groups excluding carboxylic acids is 2. The van der Waals surface area contributed by atoms with Crippen LogP contribution >= 0.6 is 27.5 Å². The minimum atomic E-state index is -1.48. The number of nitrogens with zero attached hydrogens (tertiary/aromatic N) is 2. The maximum Gasteiger partial charge on any atom is 0.305 e. The van der Waals surface area contributed by atoms with Gasteiger partial charge in [0.2, 0.25) is 5.91 Å². The summed E-state index contributed by atoms with van der Waals surface area (Å²) in [6.45, 7) is -0.254. The Morgan fingerprint density at radius 2 is 1.97 bits per heavy atom. The summed E-state index contributed by atoms with van der Waals surface area (Å²) in [7, 11) is 0. The van der Waals surface area contributed by atoms with Gasteiger partial charge in [0.15, 0.2) is 5.96 Å². The van der Waals surface area contributed by atoms with Crippen molar-refractivity contribution in [2.24, 2.45) is 10.7 Å². The van der Waals surface area contributed by atoms with Gasteiger partial charge in [0.05, 0.1) is 36.1 Å². The van der Waals surface area contributed by atoms with Crippen LogP contribution in [0.25, 0.3) is 0 Å². The monoisotopic (exact) mass is 583 g/mol. The first-order valence-corrected chi connectivity index (χ1v) is 11.7. The number of carbonyl (C=O) groups is 3. The summed E-state index contributed by atoms with van der Waals surface area (Å²) in [6, 6.07) is 4.84. The average molecular weight is 585 g/mol. The van der Waals surface area contributed by atoms with E-state index < -0.39 is 48.6 Å². The molecule has 0 spiro atoms. The van der Waals surface area contributed by atoms with Crippen LogP contribution in [0.4, 0.5) is 5.69 Å². The molecule has 0 bridgehead atoms. The zero-order valence-electron chi connectivity index (χ0n) is 18.6. The standard InChI is InChI=1S/C22H23BrClN5O7/c23-16-4-11(24)3-15(20(16)35)17(6-19(33)34)29(18(32)7-25)21(36)10-1-12(5-13(30)2-10)28-22-26-8-14(31)9-27-22/h1-5,14,17,30-31,35H,6-9,25H2,(H,33,34)(H2,26,27,28)/t17-/m0/s1. The number of aliphatic imine (C=N–C) groups is 1. The Morgan fingerprint density at radius 1 is 1.25 bits per heavy atom. The summed E-state index contributed by atoms with van der Waals surface area (Å²) in [6.07, 6.45) is -1.41. The van der Waals surface area contributed by atoms with Crippen molar-refractivity contribution in [2.75, 3.05) is 25.0 Å². The van der Waals surface area contributed by atoms with Crippen LogP contribution in [0.2, 0.25) is 5.02 Å². The molecule has 36 heavy (non-hydrogen) atoms. The number of nitrogens with one attached hydrogen (secondary N) is 2. The molecule has 2 aromatic rings. The second-order valence-electron chi connectivity index (χ2n) is 7.83. The number of aliphatic carboxylic acids is 1. The Morgan fingerprint density at radius 3 is 2.58 bits per heavy atom. The highest BCUT2D eigenvalue weighted by atomic mass is 79.9. The fourth-order valence-electron chi connectivity index (χ4n) is 3.57. The largest absolute Gasteiger partial charge is 0.508 e. The smallest absolute Gasteiger partial charge is 0.305 e. The number of benzene rings is 2. The van der Waals surface area contributed by atoms with E-state index in [0.717, 1.165) is 6.07 Å². The number of halogens is 2. The highest BCUT2D eigenvalue weighted by Gasteiger charge is 2.35. The maximum absolute atomic E-state index is 13.6. The molecule has 0 saturated carbocycles. The van der Waals surface area contributed by atoms with E-state index in [1.165, 1.54) is 24.3 Å². The number of aliphatic hydroxyl groups is 1. The minimum absolute atomic E-state index is 0.0928. The second-order valence-corrected chi connectivity index (χ2v) is 9.12. The molecule has 2 atom stereocenters. The number of carboxylic acids is 1. The number of phenols is 2. The maximum atomic E-state index is 13.6. The lowest BCUT2D eigenvalue weighted by atomic mass is 9.99. The summed E-state index contributed by atoms with van der Waals surface area (Å²) in [5.41, 5.74) is 5.49. The molecule has 192 valence electrons. The number of rotatable bonds is 7. The Balaban J connectivity index is 2.06. The summed E-state index contributed by atoms with van der Waals surface area (Å²) < 4.78 is 0.128. The van der Waals surface area contributed by atoms with E-state index in [4.69, 9.17) is 17.3 Å². The number of nitrogens with two attached hydrogens (primary N) is 1. The van der Waals surface area contributed by atoms with E-state index in [1.807, 2.05) is 0 Å². The van der Waals surface area contributed by atoms with Crippen LogP contribution < -0.4 is 16.4 Å². The predicted molar refractivity (Wildman–Crippen MR) is 134 cm³/mol. The molecule has 8 N–H and O–H groups in total. The van der Waals surface area contributed by atoms with Crippen LogP contribution in [0.1, 0.15) is 28.4 Å². The SMILES string of the molecule is NCC(=O)N(C(=O)c1cc(O)cc(NC2=NCC(O)CN2)c1)[C@@H](CC(=O)O)c1cc(Cl)cc(Br)c1O. The molecule has 3 rings (SSSR count). The molecule has 12 nitrogen and oxygen atoms in total. The van der Waals surface area contributed by atoms with Crippen LogP contribution in [0, 0.1) is 0 Å². The zero-order chi connectivity index (χ0) is 26.6. The van der Waals surface area contributed by atoms with Crippen LogP contribution in [0.5, 0.6) is 11.5 Å². The number of carboxylic acid groups (broad SMARTS) is 1. The highest BCUT2D eigenvalue weighted by Crippen LogP contribution is 2.39. The Hall–Kier alpha value is -3.39. The molecule has 1 heterocycles. The molecule has 2 aromatic carbocycles. The number of β-amino-alcohol motifs (C(OH)–C–C–N with tert-alkyl or cyclic N) is 1. The van der Waals surface area contributed by atoms with Crippen molar-refractivity contribution >= 4 is 57.0 Å². The molecular formula is C22H23BrClN5O7. The van der Waals surface area contributed by atoms with Gasteiger partial charge >= 0.3 is 5.97 Å². The van der Waals surface area contributed by atoms with E-state index in [9.17, 15) is 34.8 Å². The average Bonchev–Trinajstić information content (AvgIpc) is 2.81. The van der Waals surface area contributed by atoms with E-state index >= 15 is 0 Å². The van der Waals surface area contributed by atoms with Gasteiger partial charge in [0, 0.05) is 34.4 Å². The Kier molecular flexibility index (Phi) is 8.74. The lowest BCUT2D eigenvalue weighted by Crippen LogP contribution is -2.44. The molecule has 0 saturated heterocycles. The van der Waals surface area contributed by atoms with Crippen molar-refractivity contribution in [3.05, 3.63) is 51.0 Å². The van der Waals surface area contributed by atoms with Gasteiger partial charge in [-0.25, -0.2) is 0 Å². The van der Waals surface area contributed by atoms with Crippen LogP contribution in [0.3, 0.4) is 0 Å². The molecule has 14 heteroatoms. The third-order valence-corrected chi connectivity index (χ3v) is 5.97. The number of aliphatic hydroxyl groups excluding tert-OH is 1. The molecule has 2 amide bonds. The van der Waals surface area contributed by atoms with E-state index in [1.54, 1.807) is 0 Å². The van der Waals surface area contributed by atoms with Gasteiger partial charge in [-0.1, -0.05) is 11.6 Å². The number of guanidine groups is 1. The van der Waals surface area contributed by atoms with Crippen molar-refractivity contribution in [1.82, 2.24) is 10.2 Å². The molecular weight excluding hydrogens is 562 g/mol.